The summed E-state index contributed by atoms with van der Waals surface area (Å²) in [6.07, 6.45) is 5.05. The molecule has 1 atom stereocenters. The van der Waals surface area contributed by atoms with Crippen LogP contribution in [0.25, 0.3) is 0 Å². The molecule has 3 N–H and O–H groups in total. The Hall–Kier alpha value is -3.27. The summed E-state index contributed by atoms with van der Waals surface area (Å²) in [6.45, 7) is 1.69. The van der Waals surface area contributed by atoms with E-state index in [0.717, 1.165) is 16.0 Å². The van der Waals surface area contributed by atoms with E-state index in [2.05, 4.69) is 15.2 Å². The second-order valence-electron chi connectivity index (χ2n) is 9.23. The number of fused-ring (bicyclic) bond motifs is 6. The van der Waals surface area contributed by atoms with Crippen molar-refractivity contribution in [3.05, 3.63) is 81.8 Å². The number of phenols is 1. The number of β-amino-alcohol motifs (C(OH)–C–C–N with tert-alkyl or cyclic N) is 1. The maximum Gasteiger partial charge on any atom is 0.236 e. The largest absolute Gasteiger partial charge is 0.504 e. The summed E-state index contributed by atoms with van der Waals surface area (Å²) in [5, 5.41) is 24.4. The van der Waals surface area contributed by atoms with E-state index in [0.29, 0.717) is 48.5 Å². The number of nitrogens with zero attached hydrogens (tertiary/aromatic N) is 3. The van der Waals surface area contributed by atoms with E-state index in [-0.39, 0.29) is 30.1 Å². The van der Waals surface area contributed by atoms with Gasteiger partial charge in [-0.2, -0.15) is 0 Å². The van der Waals surface area contributed by atoms with Crippen LogP contribution in [0.15, 0.2) is 60.7 Å². The molecule has 1 aromatic heterocycles. The normalized spacial score (nSPS) is 20.3. The summed E-state index contributed by atoms with van der Waals surface area (Å²) in [7, 11) is 0. The molecule has 1 amide bonds. The van der Waals surface area contributed by atoms with Crippen molar-refractivity contribution in [2.75, 3.05) is 31.6 Å². The number of phenolic OH excluding ortho intramolecular Hbond substituents is 1. The third-order valence-electron chi connectivity index (χ3n) is 7.03. The highest BCUT2D eigenvalue weighted by molar-refractivity contribution is 7.15. The molecule has 3 aliphatic rings. The third-order valence-corrected chi connectivity index (χ3v) is 8.34. The Labute approximate surface area is 217 Å². The zero-order chi connectivity index (χ0) is 24.9. The second-order valence-corrected chi connectivity index (χ2v) is 10.7. The molecule has 1 aliphatic carbocycles. The highest BCUT2D eigenvalue weighted by Crippen LogP contribution is 2.51. The molecule has 1 spiro atoms. The predicted molar refractivity (Wildman–Crippen MR) is 137 cm³/mol. The molecule has 2 aliphatic heterocycles. The second kappa shape index (κ2) is 8.99. The number of thiazole rings is 1. The first-order chi connectivity index (χ1) is 17.5. The van der Waals surface area contributed by atoms with Gasteiger partial charge < -0.3 is 30.1 Å². The highest BCUT2D eigenvalue weighted by Gasteiger charge is 2.52. The van der Waals surface area contributed by atoms with E-state index in [1.165, 1.54) is 11.3 Å². The van der Waals surface area contributed by atoms with Crippen LogP contribution in [0.4, 0.5) is 5.13 Å². The number of carbonyl (C=O) groups excluding carboxylic acids is 1. The molecule has 3 aromatic rings. The molecule has 10 heteroatoms. The van der Waals surface area contributed by atoms with Crippen LogP contribution in [0.1, 0.15) is 34.9 Å². The number of amides is 1. The molecule has 4 bridgehead atoms. The number of benzene rings is 2. The molecule has 3 heterocycles. The highest BCUT2D eigenvalue weighted by atomic mass is 35.5. The Morgan fingerprint density at radius 2 is 2.06 bits per heavy atom. The Bertz CT molecular complexity index is 1360. The number of aliphatic hydroxyl groups excluding tert-OH is 1. The van der Waals surface area contributed by atoms with Crippen LogP contribution < -0.4 is 10.1 Å². The molecule has 0 saturated heterocycles. The summed E-state index contributed by atoms with van der Waals surface area (Å²) < 4.78 is 6.40. The number of rotatable bonds is 3. The first-order valence-corrected chi connectivity index (χ1v) is 13.0. The first-order valence-electron chi connectivity index (χ1n) is 11.8. The Morgan fingerprint density at radius 3 is 2.83 bits per heavy atom. The summed E-state index contributed by atoms with van der Waals surface area (Å²) in [6, 6.07) is 12.4. The molecular weight excluding hydrogens is 500 g/mol. The lowest BCUT2D eigenvalue weighted by molar-refractivity contribution is -0.118. The van der Waals surface area contributed by atoms with Gasteiger partial charge in [0.05, 0.1) is 29.1 Å². The number of anilines is 1. The molecule has 1 saturated carbocycles. The molecule has 186 valence electrons. The fraction of sp³-hybridized carbons (Fsp3) is 0.308. The van der Waals surface area contributed by atoms with Gasteiger partial charge in [-0.25, -0.2) is 4.98 Å². The van der Waals surface area contributed by atoms with Gasteiger partial charge in [-0.3, -0.25) is 4.79 Å². The lowest BCUT2D eigenvalue weighted by Crippen LogP contribution is -2.43. The Morgan fingerprint density at radius 1 is 1.22 bits per heavy atom. The summed E-state index contributed by atoms with van der Waals surface area (Å²) >= 11 is 8.10. The topological polar surface area (TPSA) is 98.2 Å². The minimum atomic E-state index is -0.669. The average Bonchev–Trinajstić information content (AvgIpc) is 3.56. The van der Waals surface area contributed by atoms with E-state index in [1.54, 1.807) is 24.4 Å². The summed E-state index contributed by atoms with van der Waals surface area (Å²) in [5.74, 6) is 0.652. The Kier molecular flexibility index (Phi) is 5.78. The van der Waals surface area contributed by atoms with Crippen molar-refractivity contribution in [2.45, 2.75) is 24.3 Å². The fourth-order valence-electron chi connectivity index (χ4n) is 4.92. The van der Waals surface area contributed by atoms with Gasteiger partial charge in [0.1, 0.15) is 0 Å². The van der Waals surface area contributed by atoms with Crippen molar-refractivity contribution in [3.8, 4) is 11.5 Å². The van der Waals surface area contributed by atoms with Crippen LogP contribution in [0.5, 0.6) is 11.5 Å². The number of halogens is 1. The number of nitrogens with one attached hydrogen (secondary N) is 1. The van der Waals surface area contributed by atoms with Crippen LogP contribution in [-0.2, 0) is 10.2 Å². The molecular formula is C26H25ClN4O4S. The van der Waals surface area contributed by atoms with Crippen molar-refractivity contribution in [1.29, 1.82) is 0 Å². The van der Waals surface area contributed by atoms with Gasteiger partial charge in [-0.1, -0.05) is 47.2 Å². The minimum Gasteiger partial charge on any atom is -0.504 e. The number of aromatic nitrogens is 1. The van der Waals surface area contributed by atoms with Gasteiger partial charge in [0.15, 0.2) is 16.6 Å². The number of hydrogen-bond acceptors (Lipinski definition) is 8. The quantitative estimate of drug-likeness (QED) is 0.475. The van der Waals surface area contributed by atoms with Crippen LogP contribution in [-0.4, -0.2) is 57.1 Å². The number of hydrogen-bond donors (Lipinski definition) is 3. The van der Waals surface area contributed by atoms with E-state index in [1.807, 2.05) is 35.4 Å². The van der Waals surface area contributed by atoms with Crippen LogP contribution >= 0.6 is 22.9 Å². The predicted octanol–water partition coefficient (Wildman–Crippen LogP) is 4.06. The average molecular weight is 525 g/mol. The van der Waals surface area contributed by atoms with Crippen molar-refractivity contribution in [2.24, 2.45) is 0 Å². The summed E-state index contributed by atoms with van der Waals surface area (Å²) in [4.78, 5) is 22.8. The zero-order valence-electron chi connectivity index (χ0n) is 19.4. The van der Waals surface area contributed by atoms with E-state index in [4.69, 9.17) is 16.3 Å². The Balaban J connectivity index is 1.54. The lowest BCUT2D eigenvalue weighted by Gasteiger charge is -2.40. The van der Waals surface area contributed by atoms with Crippen LogP contribution in [0.3, 0.4) is 0 Å². The van der Waals surface area contributed by atoms with E-state index >= 15 is 0 Å². The van der Waals surface area contributed by atoms with Crippen molar-refractivity contribution in [1.82, 2.24) is 14.8 Å². The van der Waals surface area contributed by atoms with Gasteiger partial charge in [0, 0.05) is 30.9 Å². The molecule has 1 unspecified atom stereocenters. The zero-order valence-corrected chi connectivity index (χ0v) is 20.9. The van der Waals surface area contributed by atoms with Gasteiger partial charge in [-0.05, 0) is 42.2 Å². The monoisotopic (exact) mass is 524 g/mol. The van der Waals surface area contributed by atoms with E-state index < -0.39 is 5.41 Å². The van der Waals surface area contributed by atoms with Crippen molar-refractivity contribution in [3.63, 3.8) is 0 Å². The molecule has 36 heavy (non-hydrogen) atoms. The van der Waals surface area contributed by atoms with Gasteiger partial charge in [-0.15, -0.1) is 0 Å². The van der Waals surface area contributed by atoms with Crippen molar-refractivity contribution >= 4 is 34.0 Å². The maximum absolute atomic E-state index is 13.3. The summed E-state index contributed by atoms with van der Waals surface area (Å²) in [5.41, 5.74) is 0.996. The molecule has 1 fully saturated rings. The number of aromatic hydroxyl groups is 1. The van der Waals surface area contributed by atoms with Crippen LogP contribution in [0, 0.1) is 0 Å². The number of ether oxygens (including phenoxy) is 1. The lowest BCUT2D eigenvalue weighted by atomic mass is 9.94. The standard InChI is InChI=1S/C26H25ClN4O4S/c27-18-4-2-1-3-17(18)23-21-14-28-25(36-21)29-24(34)26(7-8-26)16-5-6-19(33)20(13-16)35-22-15-30(11-12-32)9-10-31(22)23/h1-6,13-15,23,32-33H,7-12H2,(H,28,29,34). The third kappa shape index (κ3) is 3.97. The van der Waals surface area contributed by atoms with E-state index in [9.17, 15) is 15.0 Å². The SMILES string of the molecule is O=C1Nc2ncc(s2)C(c2ccccc2Cl)N2CCN(CCO)C=C2Oc2cc(ccc2O)C12CC2. The fourth-order valence-corrected chi connectivity index (χ4v) is 6.11. The molecule has 0 radical (unpaired) electrons. The smallest absolute Gasteiger partial charge is 0.236 e. The van der Waals surface area contributed by atoms with Gasteiger partial charge in [0.2, 0.25) is 11.8 Å². The molecule has 8 nitrogen and oxygen atoms in total. The van der Waals surface area contributed by atoms with Crippen molar-refractivity contribution < 1.29 is 19.7 Å². The molecule has 2 aromatic carbocycles. The maximum atomic E-state index is 13.3. The van der Waals surface area contributed by atoms with Gasteiger partial charge in [0.25, 0.3) is 0 Å². The van der Waals surface area contributed by atoms with Crippen LogP contribution in [0.2, 0.25) is 5.02 Å². The first kappa shape index (κ1) is 23.1. The molecule has 6 rings (SSSR count). The minimum absolute atomic E-state index is 0.00691. The van der Waals surface area contributed by atoms with Gasteiger partial charge >= 0.3 is 0 Å². The number of aliphatic hydroxyl groups is 1. The number of carbonyl (C=O) groups is 1.